The molecule has 1 amide bonds. The monoisotopic (exact) mass is 309 g/mol. The van der Waals surface area contributed by atoms with E-state index in [0.717, 1.165) is 27.5 Å². The Balaban J connectivity index is 1.99. The van der Waals surface area contributed by atoms with Gasteiger partial charge < -0.3 is 10.4 Å². The van der Waals surface area contributed by atoms with E-state index in [2.05, 4.69) is 17.2 Å². The van der Waals surface area contributed by atoms with Crippen molar-refractivity contribution in [2.45, 2.75) is 32.2 Å². The lowest BCUT2D eigenvalue weighted by Crippen LogP contribution is -2.37. The molecule has 1 fully saturated rings. The van der Waals surface area contributed by atoms with Gasteiger partial charge in [0.2, 0.25) is 0 Å². The van der Waals surface area contributed by atoms with E-state index >= 15 is 0 Å². The molecular weight excluding hydrogens is 290 g/mol. The Hall–Kier alpha value is -0.960. The van der Waals surface area contributed by atoms with Crippen molar-refractivity contribution >= 4 is 29.0 Å². The molecule has 1 aromatic heterocycles. The van der Waals surface area contributed by atoms with Gasteiger partial charge in [-0.05, 0) is 37.1 Å². The Labute approximate surface area is 128 Å². The average molecular weight is 309 g/mol. The van der Waals surface area contributed by atoms with Gasteiger partial charge in [0.05, 0.1) is 16.4 Å². The molecule has 3 nitrogen and oxygen atoms in total. The lowest BCUT2D eigenvalue weighted by molar-refractivity contribution is 0.0942. The van der Waals surface area contributed by atoms with Gasteiger partial charge in [-0.15, -0.1) is 11.3 Å². The number of rotatable bonds is 3. The van der Waals surface area contributed by atoms with E-state index in [0.29, 0.717) is 12.5 Å². The van der Waals surface area contributed by atoms with Crippen LogP contribution in [0, 0.1) is 18.8 Å². The number of nitrogens with one attached hydrogen (secondary N) is 1. The van der Waals surface area contributed by atoms with Crippen LogP contribution in [-0.4, -0.2) is 35.2 Å². The number of carbonyl (C=O) groups is 1. The van der Waals surface area contributed by atoms with E-state index in [9.17, 15) is 4.79 Å². The minimum Gasteiger partial charge on any atom is -0.395 e. The molecule has 20 heavy (non-hydrogen) atoms. The summed E-state index contributed by atoms with van der Waals surface area (Å²) in [5, 5.41) is 11.8. The van der Waals surface area contributed by atoms with Gasteiger partial charge in [0, 0.05) is 18.2 Å². The maximum atomic E-state index is 12.2. The Morgan fingerprint density at radius 1 is 1.60 bits per heavy atom. The Bertz CT molecular complexity index is 522. The molecule has 1 aliphatic rings. The van der Waals surface area contributed by atoms with E-state index in [-0.39, 0.29) is 12.5 Å². The topological polar surface area (TPSA) is 49.3 Å². The molecule has 108 valence electrons. The van der Waals surface area contributed by atoms with Crippen molar-refractivity contribution in [3.8, 4) is 11.8 Å². The van der Waals surface area contributed by atoms with Gasteiger partial charge in [-0.1, -0.05) is 11.8 Å². The van der Waals surface area contributed by atoms with E-state index in [1.54, 1.807) is 0 Å². The highest BCUT2D eigenvalue weighted by Crippen LogP contribution is 2.22. The minimum absolute atomic E-state index is 0.0146. The first-order valence-corrected chi connectivity index (χ1v) is 8.76. The zero-order valence-corrected chi connectivity index (χ0v) is 13.2. The molecular formula is C15H19NO2S2. The number of thiophene rings is 1. The third kappa shape index (κ3) is 4.27. The van der Waals surface area contributed by atoms with E-state index in [1.807, 2.05) is 24.8 Å². The highest BCUT2D eigenvalue weighted by molar-refractivity contribution is 7.99. The summed E-state index contributed by atoms with van der Waals surface area (Å²) in [6, 6.07) is 2.20. The third-order valence-electron chi connectivity index (χ3n) is 3.08. The van der Waals surface area contributed by atoms with Crippen molar-refractivity contribution in [1.29, 1.82) is 0 Å². The molecule has 0 radical (unpaired) electrons. The zero-order chi connectivity index (χ0) is 14.4. The molecule has 0 aliphatic carbocycles. The summed E-state index contributed by atoms with van der Waals surface area (Å²) in [6.45, 7) is 2.04. The van der Waals surface area contributed by atoms with Gasteiger partial charge in [-0.2, -0.15) is 11.8 Å². The van der Waals surface area contributed by atoms with Crippen molar-refractivity contribution in [2.24, 2.45) is 0 Å². The summed E-state index contributed by atoms with van der Waals surface area (Å²) in [7, 11) is 0. The fraction of sp³-hybridized carbons (Fsp3) is 0.533. The summed E-state index contributed by atoms with van der Waals surface area (Å²) >= 11 is 3.34. The standard InChI is InChI=1S/C15H19NO2S2/c1-11-9-14(20-13(11)6-2-3-7-17)15(18)16-12-5-4-8-19-10-12/h9,12,17H,3-5,7-8,10H2,1H3,(H,16,18). The fourth-order valence-electron chi connectivity index (χ4n) is 2.03. The van der Waals surface area contributed by atoms with Crippen LogP contribution < -0.4 is 5.32 Å². The molecule has 5 heteroatoms. The molecule has 2 heterocycles. The Morgan fingerprint density at radius 2 is 2.45 bits per heavy atom. The summed E-state index contributed by atoms with van der Waals surface area (Å²) in [6.07, 6.45) is 2.72. The number of aliphatic hydroxyl groups excluding tert-OH is 1. The predicted molar refractivity (Wildman–Crippen MR) is 85.5 cm³/mol. The first kappa shape index (κ1) is 15.4. The normalized spacial score (nSPS) is 18.2. The summed E-state index contributed by atoms with van der Waals surface area (Å²) in [4.78, 5) is 13.9. The maximum absolute atomic E-state index is 12.2. The Kier molecular flexibility index (Phi) is 5.96. The van der Waals surface area contributed by atoms with Crippen molar-refractivity contribution < 1.29 is 9.90 Å². The van der Waals surface area contributed by atoms with Crippen LogP contribution in [0.15, 0.2) is 6.07 Å². The molecule has 1 aliphatic heterocycles. The van der Waals surface area contributed by atoms with Crippen LogP contribution in [0.25, 0.3) is 0 Å². The first-order chi connectivity index (χ1) is 9.70. The number of aliphatic hydroxyl groups is 1. The SMILES string of the molecule is Cc1cc(C(=O)NC2CCCSC2)sc1C#CCCO. The molecule has 0 saturated carbocycles. The molecule has 1 atom stereocenters. The van der Waals surface area contributed by atoms with Crippen molar-refractivity contribution in [1.82, 2.24) is 5.32 Å². The van der Waals surface area contributed by atoms with Crippen molar-refractivity contribution in [3.63, 3.8) is 0 Å². The smallest absolute Gasteiger partial charge is 0.261 e. The van der Waals surface area contributed by atoms with Crippen LogP contribution in [0.4, 0.5) is 0 Å². The molecule has 2 rings (SSSR count). The van der Waals surface area contributed by atoms with Crippen molar-refractivity contribution in [2.75, 3.05) is 18.1 Å². The van der Waals surface area contributed by atoms with Crippen LogP contribution in [0.1, 0.15) is 39.4 Å². The molecule has 1 unspecified atom stereocenters. The zero-order valence-electron chi connectivity index (χ0n) is 11.6. The molecule has 1 saturated heterocycles. The highest BCUT2D eigenvalue weighted by atomic mass is 32.2. The quantitative estimate of drug-likeness (QED) is 0.843. The second kappa shape index (κ2) is 7.72. The van der Waals surface area contributed by atoms with Crippen LogP contribution in [-0.2, 0) is 0 Å². The summed E-state index contributed by atoms with van der Waals surface area (Å²) in [5.74, 6) is 8.15. The van der Waals surface area contributed by atoms with Crippen LogP contribution in [0.5, 0.6) is 0 Å². The van der Waals surface area contributed by atoms with Gasteiger partial charge in [0.25, 0.3) is 5.91 Å². The number of carbonyl (C=O) groups excluding carboxylic acids is 1. The molecule has 0 bridgehead atoms. The van der Waals surface area contributed by atoms with Gasteiger partial charge in [0.15, 0.2) is 0 Å². The van der Waals surface area contributed by atoms with Gasteiger partial charge >= 0.3 is 0 Å². The first-order valence-electron chi connectivity index (χ1n) is 6.79. The van der Waals surface area contributed by atoms with Gasteiger partial charge in [0.1, 0.15) is 0 Å². The average Bonchev–Trinajstić information content (AvgIpc) is 2.82. The number of hydrogen-bond acceptors (Lipinski definition) is 4. The third-order valence-corrected chi connectivity index (χ3v) is 5.44. The second-order valence-corrected chi connectivity index (χ2v) is 6.99. The van der Waals surface area contributed by atoms with Crippen LogP contribution >= 0.6 is 23.1 Å². The summed E-state index contributed by atoms with van der Waals surface area (Å²) < 4.78 is 0. The van der Waals surface area contributed by atoms with E-state index in [4.69, 9.17) is 5.11 Å². The second-order valence-electron chi connectivity index (χ2n) is 4.79. The van der Waals surface area contributed by atoms with E-state index in [1.165, 1.54) is 23.5 Å². The fourth-order valence-corrected chi connectivity index (χ4v) is 4.05. The van der Waals surface area contributed by atoms with Gasteiger partial charge in [-0.3, -0.25) is 4.79 Å². The number of hydrogen-bond donors (Lipinski definition) is 2. The minimum atomic E-state index is 0.0146. The molecule has 0 aromatic carbocycles. The molecule has 2 N–H and O–H groups in total. The van der Waals surface area contributed by atoms with Crippen LogP contribution in [0.3, 0.4) is 0 Å². The van der Waals surface area contributed by atoms with Crippen LogP contribution in [0.2, 0.25) is 0 Å². The molecule has 0 spiro atoms. The lowest BCUT2D eigenvalue weighted by Gasteiger charge is -2.22. The number of thioether (sulfide) groups is 1. The number of aryl methyl sites for hydroxylation is 1. The van der Waals surface area contributed by atoms with Gasteiger partial charge in [-0.25, -0.2) is 0 Å². The Morgan fingerprint density at radius 3 is 3.15 bits per heavy atom. The van der Waals surface area contributed by atoms with Crippen molar-refractivity contribution in [3.05, 3.63) is 21.4 Å². The summed E-state index contributed by atoms with van der Waals surface area (Å²) in [5.41, 5.74) is 1.03. The maximum Gasteiger partial charge on any atom is 0.261 e. The largest absolute Gasteiger partial charge is 0.395 e. The number of amides is 1. The van der Waals surface area contributed by atoms with E-state index < -0.39 is 0 Å². The predicted octanol–water partition coefficient (Wildman–Crippen LogP) is 2.42. The highest BCUT2D eigenvalue weighted by Gasteiger charge is 2.18. The lowest BCUT2D eigenvalue weighted by atomic mass is 10.2. The molecule has 1 aromatic rings.